The first-order valence-electron chi connectivity index (χ1n) is 6.51. The predicted molar refractivity (Wildman–Crippen MR) is 81.7 cm³/mol. The molecule has 20 heavy (non-hydrogen) atoms. The molecule has 108 valence electrons. The van der Waals surface area contributed by atoms with Crippen molar-refractivity contribution >= 4 is 11.3 Å². The first-order valence-corrected chi connectivity index (χ1v) is 7.33. The van der Waals surface area contributed by atoms with Gasteiger partial charge < -0.3 is 14.8 Å². The highest BCUT2D eigenvalue weighted by atomic mass is 32.1. The topological polar surface area (TPSA) is 43.4 Å². The van der Waals surface area contributed by atoms with Crippen molar-refractivity contribution in [3.05, 3.63) is 39.3 Å². The Kier molecular flexibility index (Phi) is 4.98. The molecule has 1 N–H and O–H groups in total. The van der Waals surface area contributed by atoms with Crippen molar-refractivity contribution in [2.24, 2.45) is 0 Å². The molecule has 0 unspecified atom stereocenters. The van der Waals surface area contributed by atoms with Crippen LogP contribution in [0.1, 0.15) is 21.1 Å². The zero-order chi connectivity index (χ0) is 14.5. The predicted octanol–water partition coefficient (Wildman–Crippen LogP) is 3.07. The van der Waals surface area contributed by atoms with Crippen LogP contribution >= 0.6 is 11.3 Å². The molecule has 0 bridgehead atoms. The summed E-state index contributed by atoms with van der Waals surface area (Å²) < 4.78 is 11.2. The molecule has 0 spiro atoms. The first-order chi connectivity index (χ1) is 9.63. The first kappa shape index (κ1) is 14.8. The zero-order valence-corrected chi connectivity index (χ0v) is 13.1. The molecule has 1 aromatic heterocycles. The van der Waals surface area contributed by atoms with Crippen LogP contribution in [0, 0.1) is 13.8 Å². The highest BCUT2D eigenvalue weighted by molar-refractivity contribution is 7.11. The fourth-order valence-electron chi connectivity index (χ4n) is 1.89. The van der Waals surface area contributed by atoms with E-state index in [1.54, 1.807) is 18.4 Å². The van der Waals surface area contributed by atoms with Crippen LogP contribution in [0.5, 0.6) is 11.5 Å². The maximum absolute atomic E-state index is 5.86. The van der Waals surface area contributed by atoms with Gasteiger partial charge in [0.25, 0.3) is 0 Å². The second-order valence-corrected chi connectivity index (χ2v) is 5.84. The van der Waals surface area contributed by atoms with Crippen LogP contribution in [0.25, 0.3) is 0 Å². The average molecular weight is 292 g/mol. The molecule has 1 heterocycles. The third-order valence-corrected chi connectivity index (χ3v) is 4.08. The summed E-state index contributed by atoms with van der Waals surface area (Å²) in [7, 11) is 3.57. The van der Waals surface area contributed by atoms with Gasteiger partial charge in [-0.1, -0.05) is 6.07 Å². The number of benzene rings is 1. The molecule has 1 aromatic carbocycles. The summed E-state index contributed by atoms with van der Waals surface area (Å²) in [5.74, 6) is 1.50. The summed E-state index contributed by atoms with van der Waals surface area (Å²) in [6.45, 7) is 5.36. The maximum Gasteiger partial charge on any atom is 0.162 e. The molecule has 0 radical (unpaired) electrons. The molecule has 0 aliphatic rings. The van der Waals surface area contributed by atoms with E-state index in [1.165, 1.54) is 4.88 Å². The third-order valence-electron chi connectivity index (χ3n) is 3.03. The van der Waals surface area contributed by atoms with Gasteiger partial charge in [-0.2, -0.15) is 0 Å². The second kappa shape index (κ2) is 6.72. The Hall–Kier alpha value is -1.59. The molecule has 0 fully saturated rings. The van der Waals surface area contributed by atoms with E-state index in [9.17, 15) is 0 Å². The molecule has 0 amide bonds. The number of aromatic nitrogens is 1. The quantitative estimate of drug-likeness (QED) is 0.888. The van der Waals surface area contributed by atoms with Crippen LogP contribution < -0.4 is 14.8 Å². The third kappa shape index (κ3) is 3.49. The highest BCUT2D eigenvalue weighted by Crippen LogP contribution is 2.29. The van der Waals surface area contributed by atoms with Gasteiger partial charge in [-0.25, -0.2) is 4.98 Å². The standard InChI is InChI=1S/C15H20N2O2S/c1-10-11(2)20-15(17-10)9-19-14-7-12(8-16-3)5-6-13(14)18-4/h5-7,16H,8-9H2,1-4H3. The Morgan fingerprint density at radius 3 is 2.65 bits per heavy atom. The minimum absolute atomic E-state index is 0.471. The molecule has 0 aliphatic heterocycles. The van der Waals surface area contributed by atoms with E-state index in [0.717, 1.165) is 34.3 Å². The van der Waals surface area contributed by atoms with Crippen molar-refractivity contribution in [2.75, 3.05) is 14.2 Å². The van der Waals surface area contributed by atoms with E-state index in [1.807, 2.05) is 32.2 Å². The monoisotopic (exact) mass is 292 g/mol. The molecule has 0 saturated heterocycles. The number of nitrogens with one attached hydrogen (secondary N) is 1. The van der Waals surface area contributed by atoms with Crippen molar-refractivity contribution in [1.82, 2.24) is 10.3 Å². The van der Waals surface area contributed by atoms with Crippen molar-refractivity contribution < 1.29 is 9.47 Å². The second-order valence-electron chi connectivity index (χ2n) is 4.55. The van der Waals surface area contributed by atoms with Gasteiger partial charge in [0.1, 0.15) is 11.6 Å². The lowest BCUT2D eigenvalue weighted by atomic mass is 10.2. The number of hydrogen-bond donors (Lipinski definition) is 1. The van der Waals surface area contributed by atoms with Crippen LogP contribution in [0.2, 0.25) is 0 Å². The van der Waals surface area contributed by atoms with Crippen molar-refractivity contribution in [2.45, 2.75) is 27.0 Å². The smallest absolute Gasteiger partial charge is 0.162 e. The summed E-state index contributed by atoms with van der Waals surface area (Å²) >= 11 is 1.67. The van der Waals surface area contributed by atoms with Gasteiger partial charge in [-0.3, -0.25) is 0 Å². The summed E-state index contributed by atoms with van der Waals surface area (Å²) in [5.41, 5.74) is 2.24. The number of thiazole rings is 1. The van der Waals surface area contributed by atoms with E-state index >= 15 is 0 Å². The van der Waals surface area contributed by atoms with Gasteiger partial charge in [-0.15, -0.1) is 11.3 Å². The minimum atomic E-state index is 0.471. The van der Waals surface area contributed by atoms with Gasteiger partial charge in [-0.05, 0) is 38.6 Å². The van der Waals surface area contributed by atoms with E-state index in [4.69, 9.17) is 9.47 Å². The molecule has 2 rings (SSSR count). The lowest BCUT2D eigenvalue weighted by Gasteiger charge is -2.11. The van der Waals surface area contributed by atoms with E-state index in [-0.39, 0.29) is 0 Å². The molecule has 5 heteroatoms. The molecular formula is C15H20N2O2S. The molecule has 0 aliphatic carbocycles. The van der Waals surface area contributed by atoms with E-state index in [2.05, 4.69) is 17.2 Å². The van der Waals surface area contributed by atoms with Crippen LogP contribution in [-0.2, 0) is 13.2 Å². The Balaban J connectivity index is 2.12. The van der Waals surface area contributed by atoms with Crippen molar-refractivity contribution in [3.63, 3.8) is 0 Å². The van der Waals surface area contributed by atoms with Gasteiger partial charge in [0, 0.05) is 11.4 Å². The Bertz CT molecular complexity index is 562. The molecule has 2 aromatic rings. The van der Waals surface area contributed by atoms with Gasteiger partial charge >= 0.3 is 0 Å². The summed E-state index contributed by atoms with van der Waals surface area (Å²) in [5, 5.41) is 4.11. The van der Waals surface area contributed by atoms with Gasteiger partial charge in [0.15, 0.2) is 11.5 Å². The van der Waals surface area contributed by atoms with Crippen molar-refractivity contribution in [3.8, 4) is 11.5 Å². The average Bonchev–Trinajstić information content (AvgIpc) is 2.76. The minimum Gasteiger partial charge on any atom is -0.493 e. The van der Waals surface area contributed by atoms with Gasteiger partial charge in [0.05, 0.1) is 12.8 Å². The fourth-order valence-corrected chi connectivity index (χ4v) is 2.74. The summed E-state index contributed by atoms with van der Waals surface area (Å²) in [4.78, 5) is 5.72. The summed E-state index contributed by atoms with van der Waals surface area (Å²) in [6.07, 6.45) is 0. The number of aryl methyl sites for hydroxylation is 2. The largest absolute Gasteiger partial charge is 0.493 e. The van der Waals surface area contributed by atoms with E-state index in [0.29, 0.717) is 6.61 Å². The van der Waals surface area contributed by atoms with Crippen LogP contribution in [-0.4, -0.2) is 19.1 Å². The van der Waals surface area contributed by atoms with Crippen molar-refractivity contribution in [1.29, 1.82) is 0 Å². The SMILES string of the molecule is CNCc1ccc(OC)c(OCc2nc(C)c(C)s2)c1. The normalized spacial score (nSPS) is 10.6. The molecular weight excluding hydrogens is 272 g/mol. The highest BCUT2D eigenvalue weighted by Gasteiger charge is 2.09. The summed E-state index contributed by atoms with van der Waals surface area (Å²) in [6, 6.07) is 5.96. The Morgan fingerprint density at radius 1 is 1.25 bits per heavy atom. The number of hydrogen-bond acceptors (Lipinski definition) is 5. The van der Waals surface area contributed by atoms with Crippen LogP contribution in [0.15, 0.2) is 18.2 Å². The maximum atomic E-state index is 5.86. The van der Waals surface area contributed by atoms with E-state index < -0.39 is 0 Å². The van der Waals surface area contributed by atoms with Crippen LogP contribution in [0.3, 0.4) is 0 Å². The number of ether oxygens (including phenoxy) is 2. The number of methoxy groups -OCH3 is 1. The lowest BCUT2D eigenvalue weighted by molar-refractivity contribution is 0.283. The lowest BCUT2D eigenvalue weighted by Crippen LogP contribution is -2.05. The fraction of sp³-hybridized carbons (Fsp3) is 0.400. The molecule has 0 saturated carbocycles. The number of rotatable bonds is 6. The van der Waals surface area contributed by atoms with Crippen LogP contribution in [0.4, 0.5) is 0 Å². The zero-order valence-electron chi connectivity index (χ0n) is 12.3. The number of nitrogens with zero attached hydrogens (tertiary/aromatic N) is 1. The molecule has 4 nitrogen and oxygen atoms in total. The molecule has 0 atom stereocenters. The van der Waals surface area contributed by atoms with Gasteiger partial charge in [0.2, 0.25) is 0 Å². The Morgan fingerprint density at radius 2 is 2.05 bits per heavy atom. The Labute approximate surface area is 123 Å².